The quantitative estimate of drug-likeness (QED) is 0.736. The third kappa shape index (κ3) is 4.10. The second-order valence-corrected chi connectivity index (χ2v) is 7.08. The summed E-state index contributed by atoms with van der Waals surface area (Å²) in [5.41, 5.74) is 3.29. The first-order valence-electron chi connectivity index (χ1n) is 8.27. The summed E-state index contributed by atoms with van der Waals surface area (Å²) in [6.45, 7) is 0.452. The monoisotopic (exact) mass is 401 g/mol. The summed E-state index contributed by atoms with van der Waals surface area (Å²) in [7, 11) is 1.37. The van der Waals surface area contributed by atoms with Gasteiger partial charge in [-0.25, -0.2) is 4.79 Å². The molecule has 130 valence electrons. The Morgan fingerprint density at radius 1 is 1.16 bits per heavy atom. The molecule has 0 aromatic heterocycles. The van der Waals surface area contributed by atoms with Gasteiger partial charge in [0.25, 0.3) is 0 Å². The Balaban J connectivity index is 1.75. The van der Waals surface area contributed by atoms with Gasteiger partial charge in [0.15, 0.2) is 0 Å². The summed E-state index contributed by atoms with van der Waals surface area (Å²) < 4.78 is 5.92. The fourth-order valence-corrected chi connectivity index (χ4v) is 3.67. The molecule has 2 aromatic carbocycles. The van der Waals surface area contributed by atoms with Gasteiger partial charge in [0.1, 0.15) is 6.04 Å². The van der Waals surface area contributed by atoms with Crippen LogP contribution in [0, 0.1) is 0 Å². The Hall–Kier alpha value is -2.14. The Labute approximate surface area is 155 Å². The first-order valence-corrected chi connectivity index (χ1v) is 9.06. The van der Waals surface area contributed by atoms with Crippen molar-refractivity contribution in [3.8, 4) is 0 Å². The highest BCUT2D eigenvalue weighted by Gasteiger charge is 2.34. The predicted octanol–water partition coefficient (Wildman–Crippen LogP) is 3.51. The number of carbonyl (C=O) groups excluding carboxylic acids is 2. The molecular weight excluding hydrogens is 382 g/mol. The highest BCUT2D eigenvalue weighted by atomic mass is 79.9. The molecule has 0 radical (unpaired) electrons. The van der Waals surface area contributed by atoms with Gasteiger partial charge >= 0.3 is 5.97 Å². The molecule has 0 saturated heterocycles. The number of aryl methyl sites for hydroxylation is 1. The van der Waals surface area contributed by atoms with Gasteiger partial charge < -0.3 is 9.64 Å². The maximum absolute atomic E-state index is 12.8. The minimum Gasteiger partial charge on any atom is -0.467 e. The molecule has 1 heterocycles. The summed E-state index contributed by atoms with van der Waals surface area (Å²) in [5.74, 6) is -0.379. The van der Waals surface area contributed by atoms with E-state index in [0.29, 0.717) is 25.8 Å². The molecule has 1 atom stereocenters. The van der Waals surface area contributed by atoms with Crippen LogP contribution < -0.4 is 0 Å². The van der Waals surface area contributed by atoms with Crippen molar-refractivity contribution in [1.29, 1.82) is 0 Å². The summed E-state index contributed by atoms with van der Waals surface area (Å²) in [4.78, 5) is 26.7. The molecule has 0 saturated carbocycles. The predicted molar refractivity (Wildman–Crippen MR) is 99.0 cm³/mol. The van der Waals surface area contributed by atoms with Crippen LogP contribution in [-0.4, -0.2) is 29.9 Å². The maximum Gasteiger partial charge on any atom is 0.328 e. The molecule has 1 aliphatic rings. The molecule has 1 amide bonds. The zero-order chi connectivity index (χ0) is 17.8. The lowest BCUT2D eigenvalue weighted by atomic mass is 9.93. The van der Waals surface area contributed by atoms with Crippen molar-refractivity contribution in [2.24, 2.45) is 0 Å². The van der Waals surface area contributed by atoms with Crippen LogP contribution in [0.3, 0.4) is 0 Å². The lowest BCUT2D eigenvalue weighted by Gasteiger charge is -2.35. The average molecular weight is 402 g/mol. The number of ether oxygens (including phenoxy) is 1. The lowest BCUT2D eigenvalue weighted by Crippen LogP contribution is -2.49. The van der Waals surface area contributed by atoms with Gasteiger partial charge in [-0.2, -0.15) is 0 Å². The van der Waals surface area contributed by atoms with E-state index < -0.39 is 6.04 Å². The third-order valence-corrected chi connectivity index (χ3v) is 5.05. The fraction of sp³-hybridized carbons (Fsp3) is 0.300. The van der Waals surface area contributed by atoms with Crippen LogP contribution in [0.15, 0.2) is 53.0 Å². The molecule has 4 nitrogen and oxygen atoms in total. The first-order chi connectivity index (χ1) is 12.1. The van der Waals surface area contributed by atoms with Crippen LogP contribution in [0.5, 0.6) is 0 Å². The number of benzene rings is 2. The summed E-state index contributed by atoms with van der Waals surface area (Å²) in [6, 6.07) is 15.3. The van der Waals surface area contributed by atoms with Crippen LogP contribution >= 0.6 is 15.9 Å². The van der Waals surface area contributed by atoms with Crippen molar-refractivity contribution in [3.63, 3.8) is 0 Å². The standard InChI is InChI=1S/C20H20BrNO3/c1-25-20(24)18-12-15-6-2-3-7-16(15)13-22(18)19(23)10-9-14-5-4-8-17(21)11-14/h2-8,11,18H,9-10,12-13H2,1H3. The van der Waals surface area contributed by atoms with E-state index in [0.717, 1.165) is 21.2 Å². The fourth-order valence-electron chi connectivity index (χ4n) is 3.22. The van der Waals surface area contributed by atoms with Crippen molar-refractivity contribution in [2.75, 3.05) is 7.11 Å². The number of rotatable bonds is 4. The van der Waals surface area contributed by atoms with Gasteiger partial charge in [0.05, 0.1) is 7.11 Å². The second kappa shape index (κ2) is 7.83. The number of fused-ring (bicyclic) bond motifs is 1. The third-order valence-electron chi connectivity index (χ3n) is 4.56. The molecule has 3 rings (SSSR count). The normalized spacial score (nSPS) is 16.2. The SMILES string of the molecule is COC(=O)C1Cc2ccccc2CN1C(=O)CCc1cccc(Br)c1. The first kappa shape index (κ1) is 17.7. The van der Waals surface area contributed by atoms with Crippen molar-refractivity contribution in [2.45, 2.75) is 31.8 Å². The van der Waals surface area contributed by atoms with Crippen LogP contribution in [0.25, 0.3) is 0 Å². The van der Waals surface area contributed by atoms with E-state index in [2.05, 4.69) is 15.9 Å². The Morgan fingerprint density at radius 3 is 2.64 bits per heavy atom. The number of amides is 1. The summed E-state index contributed by atoms with van der Waals surface area (Å²) >= 11 is 3.45. The lowest BCUT2D eigenvalue weighted by molar-refractivity contribution is -0.154. The molecule has 5 heteroatoms. The number of hydrogen-bond donors (Lipinski definition) is 0. The van der Waals surface area contributed by atoms with Crippen LogP contribution in [0.4, 0.5) is 0 Å². The molecular formula is C20H20BrNO3. The van der Waals surface area contributed by atoms with Gasteiger partial charge in [-0.3, -0.25) is 4.79 Å². The molecule has 1 unspecified atom stereocenters. The maximum atomic E-state index is 12.8. The van der Waals surface area contributed by atoms with Gasteiger partial charge in [0, 0.05) is 23.9 Å². The molecule has 0 bridgehead atoms. The minimum absolute atomic E-state index is 0.0233. The van der Waals surface area contributed by atoms with E-state index in [1.807, 2.05) is 48.5 Å². The second-order valence-electron chi connectivity index (χ2n) is 6.16. The van der Waals surface area contributed by atoms with E-state index in [-0.39, 0.29) is 11.9 Å². The highest BCUT2D eigenvalue weighted by molar-refractivity contribution is 9.10. The van der Waals surface area contributed by atoms with E-state index in [1.54, 1.807) is 4.90 Å². The van der Waals surface area contributed by atoms with Crippen molar-refractivity contribution >= 4 is 27.8 Å². The Bertz CT molecular complexity index is 790. The van der Waals surface area contributed by atoms with Gasteiger partial charge in [0.2, 0.25) is 5.91 Å². The summed E-state index contributed by atoms with van der Waals surface area (Å²) in [5, 5.41) is 0. The number of esters is 1. The molecule has 0 spiro atoms. The van der Waals surface area contributed by atoms with Gasteiger partial charge in [-0.15, -0.1) is 0 Å². The minimum atomic E-state index is -0.546. The van der Waals surface area contributed by atoms with Gasteiger partial charge in [-0.05, 0) is 35.2 Å². The molecule has 2 aromatic rings. The van der Waals surface area contributed by atoms with E-state index >= 15 is 0 Å². The van der Waals surface area contributed by atoms with Crippen molar-refractivity contribution in [3.05, 3.63) is 69.7 Å². The van der Waals surface area contributed by atoms with Crippen LogP contribution in [-0.2, 0) is 33.7 Å². The molecule has 0 fully saturated rings. The number of methoxy groups -OCH3 is 1. The summed E-state index contributed by atoms with van der Waals surface area (Å²) in [6.07, 6.45) is 1.52. The van der Waals surface area contributed by atoms with Crippen molar-refractivity contribution < 1.29 is 14.3 Å². The topological polar surface area (TPSA) is 46.6 Å². The van der Waals surface area contributed by atoms with E-state index in [1.165, 1.54) is 7.11 Å². The number of carbonyl (C=O) groups is 2. The van der Waals surface area contributed by atoms with Gasteiger partial charge in [-0.1, -0.05) is 52.3 Å². The number of hydrogen-bond acceptors (Lipinski definition) is 3. The van der Waals surface area contributed by atoms with Crippen LogP contribution in [0.1, 0.15) is 23.1 Å². The number of nitrogens with zero attached hydrogens (tertiary/aromatic N) is 1. The Kier molecular flexibility index (Phi) is 5.53. The highest BCUT2D eigenvalue weighted by Crippen LogP contribution is 2.25. The molecule has 0 N–H and O–H groups in total. The average Bonchev–Trinajstić information content (AvgIpc) is 2.64. The zero-order valence-electron chi connectivity index (χ0n) is 14.1. The molecule has 25 heavy (non-hydrogen) atoms. The van der Waals surface area contributed by atoms with E-state index in [9.17, 15) is 9.59 Å². The largest absolute Gasteiger partial charge is 0.467 e. The van der Waals surface area contributed by atoms with Crippen molar-refractivity contribution in [1.82, 2.24) is 4.90 Å². The van der Waals surface area contributed by atoms with E-state index in [4.69, 9.17) is 4.74 Å². The zero-order valence-corrected chi connectivity index (χ0v) is 15.7. The smallest absolute Gasteiger partial charge is 0.328 e. The van der Waals surface area contributed by atoms with Crippen LogP contribution in [0.2, 0.25) is 0 Å². The number of halogens is 1. The Morgan fingerprint density at radius 2 is 1.92 bits per heavy atom. The molecule has 1 aliphatic heterocycles. The molecule has 0 aliphatic carbocycles.